The molecule has 0 aliphatic carbocycles. The Balaban J connectivity index is 2.93. The van der Waals surface area contributed by atoms with E-state index in [2.05, 4.69) is 11.9 Å². The smallest absolute Gasteiger partial charge is 0.216 e. The monoisotopic (exact) mass is 279 g/mol. The van der Waals surface area contributed by atoms with Gasteiger partial charge in [-0.1, -0.05) is 12.7 Å². The van der Waals surface area contributed by atoms with Gasteiger partial charge in [0.2, 0.25) is 11.7 Å². The highest BCUT2D eigenvalue weighted by Gasteiger charge is 2.13. The molecule has 0 spiro atoms. The van der Waals surface area contributed by atoms with Crippen molar-refractivity contribution >= 4 is 5.91 Å². The molecule has 1 N–H and O–H groups in total. The number of carbonyl (C=O) groups excluding carboxylic acids is 1. The van der Waals surface area contributed by atoms with E-state index >= 15 is 0 Å². The van der Waals surface area contributed by atoms with Crippen LogP contribution in [0.4, 0.5) is 0 Å². The molecule has 0 fully saturated rings. The Kier molecular flexibility index (Phi) is 6.43. The van der Waals surface area contributed by atoms with Gasteiger partial charge in [-0.3, -0.25) is 4.79 Å². The van der Waals surface area contributed by atoms with Crippen molar-refractivity contribution in [2.75, 3.05) is 27.4 Å². The summed E-state index contributed by atoms with van der Waals surface area (Å²) in [6, 6.07) is 3.76. The van der Waals surface area contributed by atoms with Crippen LogP contribution in [0, 0.1) is 0 Å². The highest BCUT2D eigenvalue weighted by Crippen LogP contribution is 2.38. The predicted molar refractivity (Wildman–Crippen MR) is 77.6 cm³/mol. The maximum Gasteiger partial charge on any atom is 0.216 e. The lowest BCUT2D eigenvalue weighted by atomic mass is 10.1. The van der Waals surface area contributed by atoms with E-state index in [-0.39, 0.29) is 5.91 Å². The molecule has 5 nitrogen and oxygen atoms in total. The Hall–Kier alpha value is -2.17. The summed E-state index contributed by atoms with van der Waals surface area (Å²) in [6.45, 7) is 6.04. The van der Waals surface area contributed by atoms with Crippen LogP contribution in [0.2, 0.25) is 0 Å². The average molecular weight is 279 g/mol. The molecule has 1 rings (SSSR count). The summed E-state index contributed by atoms with van der Waals surface area (Å²) in [5.74, 6) is 1.71. The zero-order valence-corrected chi connectivity index (χ0v) is 12.2. The molecule has 0 aromatic heterocycles. The Bertz CT molecular complexity index is 446. The third kappa shape index (κ3) is 4.50. The summed E-state index contributed by atoms with van der Waals surface area (Å²) in [5, 5.41) is 2.75. The van der Waals surface area contributed by atoms with E-state index in [0.717, 1.165) is 5.56 Å². The van der Waals surface area contributed by atoms with Crippen molar-refractivity contribution < 1.29 is 19.0 Å². The van der Waals surface area contributed by atoms with Crippen LogP contribution in [-0.2, 0) is 11.2 Å². The Morgan fingerprint density at radius 2 is 1.90 bits per heavy atom. The van der Waals surface area contributed by atoms with Crippen LogP contribution in [0.1, 0.15) is 12.5 Å². The van der Waals surface area contributed by atoms with Gasteiger partial charge in [-0.05, 0) is 24.1 Å². The summed E-state index contributed by atoms with van der Waals surface area (Å²) >= 11 is 0. The summed E-state index contributed by atoms with van der Waals surface area (Å²) < 4.78 is 16.2. The zero-order chi connectivity index (χ0) is 15.0. The van der Waals surface area contributed by atoms with Crippen molar-refractivity contribution in [2.45, 2.75) is 13.3 Å². The van der Waals surface area contributed by atoms with Gasteiger partial charge in [-0.15, -0.1) is 0 Å². The number of methoxy groups -OCH3 is 2. The molecule has 0 atom stereocenters. The maximum absolute atomic E-state index is 10.9. The Labute approximate surface area is 119 Å². The lowest BCUT2D eigenvalue weighted by molar-refractivity contribution is -0.118. The lowest BCUT2D eigenvalue weighted by Crippen LogP contribution is -2.22. The highest BCUT2D eigenvalue weighted by atomic mass is 16.5. The fraction of sp³-hybridized carbons (Fsp3) is 0.400. The molecule has 0 unspecified atom stereocenters. The van der Waals surface area contributed by atoms with Crippen LogP contribution in [-0.4, -0.2) is 33.3 Å². The quantitative estimate of drug-likeness (QED) is 0.739. The molecule has 0 saturated heterocycles. The van der Waals surface area contributed by atoms with Gasteiger partial charge in [0.1, 0.15) is 6.61 Å². The second-order valence-electron chi connectivity index (χ2n) is 4.16. The number of hydrogen-bond donors (Lipinski definition) is 1. The lowest BCUT2D eigenvalue weighted by Gasteiger charge is -2.15. The van der Waals surface area contributed by atoms with Crippen molar-refractivity contribution in [3.8, 4) is 17.2 Å². The van der Waals surface area contributed by atoms with E-state index < -0.39 is 0 Å². The molecule has 1 aromatic carbocycles. The standard InChI is InChI=1S/C15H21NO4/c1-5-8-20-15-13(18-3)9-12(10-14(15)19-4)6-7-16-11(2)17/h5,9-10H,1,6-8H2,2-4H3,(H,16,17). The largest absolute Gasteiger partial charge is 0.493 e. The van der Waals surface area contributed by atoms with E-state index in [1.54, 1.807) is 20.3 Å². The van der Waals surface area contributed by atoms with Gasteiger partial charge in [0.05, 0.1) is 14.2 Å². The fourth-order valence-electron chi connectivity index (χ4n) is 1.75. The van der Waals surface area contributed by atoms with Crippen LogP contribution >= 0.6 is 0 Å². The minimum Gasteiger partial charge on any atom is -0.493 e. The summed E-state index contributed by atoms with van der Waals surface area (Å²) in [4.78, 5) is 10.9. The number of ether oxygens (including phenoxy) is 3. The summed E-state index contributed by atoms with van der Waals surface area (Å²) in [6.07, 6.45) is 2.34. The molecule has 0 heterocycles. The van der Waals surface area contributed by atoms with Crippen LogP contribution < -0.4 is 19.5 Å². The molecule has 1 aromatic rings. The zero-order valence-electron chi connectivity index (χ0n) is 12.2. The van der Waals surface area contributed by atoms with Crippen molar-refractivity contribution in [1.29, 1.82) is 0 Å². The molecular weight excluding hydrogens is 258 g/mol. The summed E-state index contributed by atoms with van der Waals surface area (Å²) in [7, 11) is 3.15. The number of carbonyl (C=O) groups is 1. The molecular formula is C15H21NO4. The highest BCUT2D eigenvalue weighted by molar-refractivity contribution is 5.72. The van der Waals surface area contributed by atoms with Gasteiger partial charge >= 0.3 is 0 Å². The maximum atomic E-state index is 10.9. The predicted octanol–water partition coefficient (Wildman–Crippen LogP) is 1.95. The second kappa shape index (κ2) is 8.09. The van der Waals surface area contributed by atoms with E-state index in [0.29, 0.717) is 36.8 Å². The van der Waals surface area contributed by atoms with Crippen LogP contribution in [0.25, 0.3) is 0 Å². The molecule has 20 heavy (non-hydrogen) atoms. The number of nitrogens with one attached hydrogen (secondary N) is 1. The third-order valence-corrected chi connectivity index (χ3v) is 2.65. The van der Waals surface area contributed by atoms with Crippen molar-refractivity contribution in [1.82, 2.24) is 5.32 Å². The van der Waals surface area contributed by atoms with E-state index in [4.69, 9.17) is 14.2 Å². The molecule has 0 radical (unpaired) electrons. The van der Waals surface area contributed by atoms with Crippen molar-refractivity contribution in [3.05, 3.63) is 30.4 Å². The molecule has 0 aliphatic rings. The topological polar surface area (TPSA) is 56.8 Å². The number of benzene rings is 1. The number of hydrogen-bond acceptors (Lipinski definition) is 4. The van der Waals surface area contributed by atoms with Crippen molar-refractivity contribution in [3.63, 3.8) is 0 Å². The summed E-state index contributed by atoms with van der Waals surface area (Å²) in [5.41, 5.74) is 0.999. The Morgan fingerprint density at radius 3 is 2.35 bits per heavy atom. The normalized spacial score (nSPS) is 9.75. The molecule has 110 valence electrons. The first-order valence-electron chi connectivity index (χ1n) is 6.35. The molecule has 0 saturated carbocycles. The first kappa shape index (κ1) is 15.9. The van der Waals surface area contributed by atoms with Crippen molar-refractivity contribution in [2.24, 2.45) is 0 Å². The van der Waals surface area contributed by atoms with Gasteiger partial charge in [-0.25, -0.2) is 0 Å². The minimum atomic E-state index is -0.0464. The average Bonchev–Trinajstić information content (AvgIpc) is 2.44. The first-order chi connectivity index (χ1) is 9.62. The SMILES string of the molecule is C=CCOc1c(OC)cc(CCNC(C)=O)cc1OC. The van der Waals surface area contributed by atoms with E-state index in [1.807, 2.05) is 12.1 Å². The first-order valence-corrected chi connectivity index (χ1v) is 6.35. The molecule has 5 heteroatoms. The van der Waals surface area contributed by atoms with Gasteiger partial charge in [0, 0.05) is 13.5 Å². The molecule has 0 bridgehead atoms. The fourth-order valence-corrected chi connectivity index (χ4v) is 1.75. The van der Waals surface area contributed by atoms with Gasteiger partial charge in [0.15, 0.2) is 11.5 Å². The number of amides is 1. The molecule has 1 amide bonds. The molecule has 0 aliphatic heterocycles. The second-order valence-corrected chi connectivity index (χ2v) is 4.16. The van der Waals surface area contributed by atoms with Crippen LogP contribution in [0.3, 0.4) is 0 Å². The van der Waals surface area contributed by atoms with Gasteiger partial charge < -0.3 is 19.5 Å². The third-order valence-electron chi connectivity index (χ3n) is 2.65. The van der Waals surface area contributed by atoms with Crippen LogP contribution in [0.15, 0.2) is 24.8 Å². The number of rotatable bonds is 8. The van der Waals surface area contributed by atoms with Gasteiger partial charge in [-0.2, -0.15) is 0 Å². The van der Waals surface area contributed by atoms with E-state index in [9.17, 15) is 4.79 Å². The minimum absolute atomic E-state index is 0.0464. The van der Waals surface area contributed by atoms with Gasteiger partial charge in [0.25, 0.3) is 0 Å². The Morgan fingerprint density at radius 1 is 1.30 bits per heavy atom. The van der Waals surface area contributed by atoms with E-state index in [1.165, 1.54) is 6.92 Å². The van der Waals surface area contributed by atoms with Crippen LogP contribution in [0.5, 0.6) is 17.2 Å².